The Morgan fingerprint density at radius 1 is 0.722 bits per heavy atom. The largest absolute Gasteiger partial charge is 0.292 e. The van der Waals surface area contributed by atoms with Crippen LogP contribution in [-0.4, -0.2) is 9.55 Å². The third kappa shape index (κ3) is 4.11. The van der Waals surface area contributed by atoms with E-state index >= 15 is 4.39 Å². The maximum absolute atomic E-state index is 15.1. The summed E-state index contributed by atoms with van der Waals surface area (Å²) in [6.07, 6.45) is 0. The van der Waals surface area contributed by atoms with E-state index < -0.39 is 11.6 Å². The summed E-state index contributed by atoms with van der Waals surface area (Å²) in [6, 6.07) is 24.5. The van der Waals surface area contributed by atoms with Gasteiger partial charge >= 0.3 is 0 Å². The molecule has 0 radical (unpaired) electrons. The van der Waals surface area contributed by atoms with Crippen molar-refractivity contribution in [2.24, 2.45) is 0 Å². The molecule has 1 heterocycles. The molecule has 4 aromatic carbocycles. The van der Waals surface area contributed by atoms with Crippen LogP contribution in [0.2, 0.25) is 0 Å². The first-order valence-electron chi connectivity index (χ1n) is 12.4. The molecule has 0 saturated heterocycles. The molecule has 0 aliphatic rings. The highest BCUT2D eigenvalue weighted by Crippen LogP contribution is 2.40. The second kappa shape index (κ2) is 9.34. The van der Waals surface area contributed by atoms with Gasteiger partial charge in [0.2, 0.25) is 0 Å². The molecule has 4 heteroatoms. The van der Waals surface area contributed by atoms with Crippen LogP contribution in [-0.2, 0) is 0 Å². The number of fused-ring (bicyclic) bond motifs is 1. The van der Waals surface area contributed by atoms with Gasteiger partial charge < -0.3 is 0 Å². The zero-order valence-corrected chi connectivity index (χ0v) is 21.3. The zero-order valence-electron chi connectivity index (χ0n) is 21.3. The summed E-state index contributed by atoms with van der Waals surface area (Å²) >= 11 is 0. The van der Waals surface area contributed by atoms with Gasteiger partial charge in [0.25, 0.3) is 0 Å². The molecular formula is C32H30F2N2. The first-order chi connectivity index (χ1) is 17.3. The average molecular weight is 481 g/mol. The van der Waals surface area contributed by atoms with E-state index in [0.29, 0.717) is 5.82 Å². The second-order valence-electron chi connectivity index (χ2n) is 10.0. The molecule has 0 unspecified atom stereocenters. The van der Waals surface area contributed by atoms with Gasteiger partial charge in [0.1, 0.15) is 17.5 Å². The molecule has 0 bridgehead atoms. The fraction of sp³-hybridized carbons (Fsp3) is 0.219. The summed E-state index contributed by atoms with van der Waals surface area (Å²) in [5, 5.41) is 0. The Bertz CT molecular complexity index is 1550. The van der Waals surface area contributed by atoms with Gasteiger partial charge in [-0.2, -0.15) is 0 Å². The molecule has 1 aromatic heterocycles. The number of imidazole rings is 1. The fourth-order valence-corrected chi connectivity index (χ4v) is 4.97. The minimum absolute atomic E-state index is 0.202. The molecular weight excluding hydrogens is 450 g/mol. The van der Waals surface area contributed by atoms with Gasteiger partial charge in [0.05, 0.1) is 22.3 Å². The van der Waals surface area contributed by atoms with Gasteiger partial charge in [0, 0.05) is 6.07 Å². The molecule has 36 heavy (non-hydrogen) atoms. The van der Waals surface area contributed by atoms with Crippen molar-refractivity contribution in [3.8, 4) is 28.2 Å². The average Bonchev–Trinajstić information content (AvgIpc) is 3.22. The van der Waals surface area contributed by atoms with Crippen molar-refractivity contribution in [2.75, 3.05) is 0 Å². The highest BCUT2D eigenvalue weighted by atomic mass is 19.1. The number of benzene rings is 4. The lowest BCUT2D eigenvalue weighted by Crippen LogP contribution is -2.10. The normalized spacial score (nSPS) is 11.7. The molecule has 2 nitrogen and oxygen atoms in total. The van der Waals surface area contributed by atoms with Crippen LogP contribution in [0.15, 0.2) is 78.9 Å². The highest BCUT2D eigenvalue weighted by molar-refractivity contribution is 5.85. The Morgan fingerprint density at radius 3 is 2.00 bits per heavy atom. The summed E-state index contributed by atoms with van der Waals surface area (Å²) in [4.78, 5) is 4.85. The summed E-state index contributed by atoms with van der Waals surface area (Å²) in [6.45, 7) is 10.9. The smallest absolute Gasteiger partial charge is 0.148 e. The number of aryl methyl sites for hydroxylation is 1. The van der Waals surface area contributed by atoms with Crippen molar-refractivity contribution in [1.82, 2.24) is 9.55 Å². The van der Waals surface area contributed by atoms with E-state index in [9.17, 15) is 4.39 Å². The Hall–Kier alpha value is -3.79. The summed E-state index contributed by atoms with van der Waals surface area (Å²) < 4.78 is 31.0. The van der Waals surface area contributed by atoms with Crippen molar-refractivity contribution < 1.29 is 8.78 Å². The highest BCUT2D eigenvalue weighted by Gasteiger charge is 2.24. The van der Waals surface area contributed by atoms with E-state index in [1.807, 2.05) is 24.3 Å². The van der Waals surface area contributed by atoms with Crippen molar-refractivity contribution in [3.63, 3.8) is 0 Å². The third-order valence-corrected chi connectivity index (χ3v) is 6.83. The first kappa shape index (κ1) is 23.9. The summed E-state index contributed by atoms with van der Waals surface area (Å²) in [7, 11) is 0. The number of rotatable bonds is 5. The van der Waals surface area contributed by atoms with E-state index in [2.05, 4.69) is 75.6 Å². The van der Waals surface area contributed by atoms with E-state index in [1.54, 1.807) is 0 Å². The van der Waals surface area contributed by atoms with Crippen LogP contribution < -0.4 is 0 Å². The SMILES string of the molecule is Cc1ccccc1-c1cc(C(C)C)c(-n2c(-c3ccc(F)cc3F)nc3ccccc32)c(C(C)C)c1. The number of hydrogen-bond donors (Lipinski definition) is 0. The number of nitrogens with zero attached hydrogens (tertiary/aromatic N) is 2. The Labute approximate surface area is 211 Å². The third-order valence-electron chi connectivity index (χ3n) is 6.83. The lowest BCUT2D eigenvalue weighted by atomic mass is 9.87. The number of para-hydroxylation sites is 2. The Balaban J connectivity index is 1.90. The monoisotopic (exact) mass is 480 g/mol. The van der Waals surface area contributed by atoms with Crippen molar-refractivity contribution in [2.45, 2.75) is 46.5 Å². The molecule has 0 saturated carbocycles. The van der Waals surface area contributed by atoms with Gasteiger partial charge in [-0.25, -0.2) is 13.8 Å². The number of halogens is 2. The zero-order chi connectivity index (χ0) is 25.6. The fourth-order valence-electron chi connectivity index (χ4n) is 4.97. The summed E-state index contributed by atoms with van der Waals surface area (Å²) in [5.41, 5.74) is 8.86. The Kier molecular flexibility index (Phi) is 6.21. The van der Waals surface area contributed by atoms with Gasteiger partial charge in [-0.05, 0) is 83.0 Å². The molecule has 182 valence electrons. The standard InChI is InChI=1S/C32H30F2N2/c1-19(2)26-16-22(24-11-7-6-10-21(24)5)17-27(20(3)4)31(26)36-30-13-9-8-12-29(30)35-32(36)25-15-14-23(33)18-28(25)34/h6-20H,1-5H3. The van der Waals surface area contributed by atoms with E-state index in [4.69, 9.17) is 4.98 Å². The van der Waals surface area contributed by atoms with Crippen LogP contribution in [0, 0.1) is 18.6 Å². The van der Waals surface area contributed by atoms with Crippen LogP contribution in [0.1, 0.15) is 56.2 Å². The molecule has 5 aromatic rings. The van der Waals surface area contributed by atoms with Crippen molar-refractivity contribution in [1.29, 1.82) is 0 Å². The molecule has 0 aliphatic carbocycles. The predicted molar refractivity (Wildman–Crippen MR) is 145 cm³/mol. The molecule has 5 rings (SSSR count). The number of aromatic nitrogens is 2. The molecule has 0 aliphatic heterocycles. The summed E-state index contributed by atoms with van der Waals surface area (Å²) in [5.74, 6) is -0.351. The minimum Gasteiger partial charge on any atom is -0.292 e. The molecule has 0 spiro atoms. The number of hydrogen-bond acceptors (Lipinski definition) is 1. The minimum atomic E-state index is -0.625. The van der Waals surface area contributed by atoms with Crippen LogP contribution in [0.5, 0.6) is 0 Å². The lowest BCUT2D eigenvalue weighted by molar-refractivity contribution is 0.584. The first-order valence-corrected chi connectivity index (χ1v) is 12.4. The van der Waals surface area contributed by atoms with Crippen LogP contribution in [0.3, 0.4) is 0 Å². The van der Waals surface area contributed by atoms with Gasteiger partial charge in [-0.15, -0.1) is 0 Å². The van der Waals surface area contributed by atoms with Crippen LogP contribution in [0.25, 0.3) is 39.2 Å². The van der Waals surface area contributed by atoms with Gasteiger partial charge in [0.15, 0.2) is 0 Å². The predicted octanol–water partition coefficient (Wildman–Crippen LogP) is 9.19. The van der Waals surface area contributed by atoms with Gasteiger partial charge in [-0.3, -0.25) is 4.57 Å². The molecule has 0 fully saturated rings. The quantitative estimate of drug-likeness (QED) is 0.245. The molecule has 0 atom stereocenters. The van der Waals surface area contributed by atoms with E-state index in [1.165, 1.54) is 28.8 Å². The maximum atomic E-state index is 15.1. The topological polar surface area (TPSA) is 17.8 Å². The maximum Gasteiger partial charge on any atom is 0.148 e. The van der Waals surface area contributed by atoms with Crippen LogP contribution in [0.4, 0.5) is 8.78 Å². The molecule has 0 N–H and O–H groups in total. The van der Waals surface area contributed by atoms with Gasteiger partial charge in [-0.1, -0.05) is 64.1 Å². The molecule has 0 amide bonds. The van der Waals surface area contributed by atoms with Crippen LogP contribution >= 0.6 is 0 Å². The van der Waals surface area contributed by atoms with Crippen molar-refractivity contribution >= 4 is 11.0 Å². The van der Waals surface area contributed by atoms with Crippen molar-refractivity contribution in [3.05, 3.63) is 107 Å². The lowest BCUT2D eigenvalue weighted by Gasteiger charge is -2.24. The van der Waals surface area contributed by atoms with E-state index in [0.717, 1.165) is 33.9 Å². The Morgan fingerprint density at radius 2 is 1.36 bits per heavy atom. The van der Waals surface area contributed by atoms with E-state index in [-0.39, 0.29) is 17.4 Å². The second-order valence-corrected chi connectivity index (χ2v) is 10.0.